The predicted molar refractivity (Wildman–Crippen MR) is 68.0 cm³/mol. The summed E-state index contributed by atoms with van der Waals surface area (Å²) in [6.07, 6.45) is 3.02. The van der Waals surface area contributed by atoms with Gasteiger partial charge in [0.25, 0.3) is 5.91 Å². The quantitative estimate of drug-likeness (QED) is 0.864. The summed E-state index contributed by atoms with van der Waals surface area (Å²) in [5.41, 5.74) is 0.871. The molecule has 0 radical (unpaired) electrons. The highest BCUT2D eigenvalue weighted by molar-refractivity contribution is 6.33. The van der Waals surface area contributed by atoms with Crippen molar-refractivity contribution in [1.29, 1.82) is 0 Å². The second-order valence-corrected chi connectivity index (χ2v) is 3.74. The van der Waals surface area contributed by atoms with E-state index < -0.39 is 0 Å². The van der Waals surface area contributed by atoms with Crippen molar-refractivity contribution < 1.29 is 9.53 Å². The summed E-state index contributed by atoms with van der Waals surface area (Å²) in [4.78, 5) is 19.7. The van der Waals surface area contributed by atoms with Crippen molar-refractivity contribution >= 4 is 23.2 Å². The van der Waals surface area contributed by atoms with Crippen LogP contribution in [0.2, 0.25) is 5.15 Å². The molecular formula is C12H10ClN3O2. The number of nitrogens with one attached hydrogen (secondary N) is 1. The molecule has 1 N–H and O–H groups in total. The molecule has 0 aromatic carbocycles. The highest BCUT2D eigenvalue weighted by Gasteiger charge is 2.10. The molecule has 92 valence electrons. The maximum absolute atomic E-state index is 11.9. The van der Waals surface area contributed by atoms with Crippen LogP contribution in [0.25, 0.3) is 0 Å². The van der Waals surface area contributed by atoms with Gasteiger partial charge < -0.3 is 10.1 Å². The Morgan fingerprint density at radius 1 is 1.33 bits per heavy atom. The van der Waals surface area contributed by atoms with Crippen LogP contribution in [-0.4, -0.2) is 23.0 Å². The lowest BCUT2D eigenvalue weighted by molar-refractivity contribution is 0.102. The van der Waals surface area contributed by atoms with Crippen molar-refractivity contribution in [3.8, 4) is 5.88 Å². The van der Waals surface area contributed by atoms with Crippen molar-refractivity contribution in [3.63, 3.8) is 0 Å². The molecule has 6 heteroatoms. The lowest BCUT2D eigenvalue weighted by Gasteiger charge is -2.06. The zero-order chi connectivity index (χ0) is 13.0. The Balaban J connectivity index is 2.14. The van der Waals surface area contributed by atoms with E-state index in [-0.39, 0.29) is 11.1 Å². The van der Waals surface area contributed by atoms with Gasteiger partial charge in [-0.1, -0.05) is 11.6 Å². The standard InChI is InChI=1S/C12H10ClN3O2/c1-18-10-5-4-8(7-15-10)16-12(17)9-3-2-6-14-11(9)13/h2-7H,1H3,(H,16,17). The molecule has 0 saturated carbocycles. The second-order valence-electron chi connectivity index (χ2n) is 3.39. The minimum atomic E-state index is -0.333. The third kappa shape index (κ3) is 2.75. The molecule has 1 amide bonds. The molecule has 5 nitrogen and oxygen atoms in total. The Hall–Kier alpha value is -2.14. The van der Waals surface area contributed by atoms with E-state index in [1.54, 1.807) is 24.3 Å². The largest absolute Gasteiger partial charge is 0.481 e. The molecule has 2 aromatic heterocycles. The molecule has 0 bridgehead atoms. The zero-order valence-corrected chi connectivity index (χ0v) is 10.3. The molecule has 0 spiro atoms. The van der Waals surface area contributed by atoms with E-state index in [1.807, 2.05) is 0 Å². The fraction of sp³-hybridized carbons (Fsp3) is 0.0833. The number of methoxy groups -OCH3 is 1. The number of amides is 1. The summed E-state index contributed by atoms with van der Waals surface area (Å²) >= 11 is 5.83. The minimum Gasteiger partial charge on any atom is -0.481 e. The average molecular weight is 264 g/mol. The van der Waals surface area contributed by atoms with E-state index in [2.05, 4.69) is 15.3 Å². The van der Waals surface area contributed by atoms with E-state index in [4.69, 9.17) is 16.3 Å². The van der Waals surface area contributed by atoms with Crippen LogP contribution in [0.15, 0.2) is 36.7 Å². The summed E-state index contributed by atoms with van der Waals surface area (Å²) in [6.45, 7) is 0. The first-order valence-corrected chi connectivity index (χ1v) is 5.50. The summed E-state index contributed by atoms with van der Waals surface area (Å²) in [6, 6.07) is 6.59. The first-order valence-electron chi connectivity index (χ1n) is 5.12. The maximum atomic E-state index is 11.9. The Bertz CT molecular complexity index is 558. The maximum Gasteiger partial charge on any atom is 0.258 e. The fourth-order valence-electron chi connectivity index (χ4n) is 1.33. The topological polar surface area (TPSA) is 64.1 Å². The SMILES string of the molecule is COc1ccc(NC(=O)c2cccnc2Cl)cn1. The molecule has 0 aliphatic carbocycles. The molecule has 2 aromatic rings. The van der Waals surface area contributed by atoms with Crippen molar-refractivity contribution in [1.82, 2.24) is 9.97 Å². The number of hydrogen-bond acceptors (Lipinski definition) is 4. The average Bonchev–Trinajstić information content (AvgIpc) is 2.40. The van der Waals surface area contributed by atoms with Gasteiger partial charge >= 0.3 is 0 Å². The van der Waals surface area contributed by atoms with Gasteiger partial charge in [-0.05, 0) is 18.2 Å². The van der Waals surface area contributed by atoms with Crippen LogP contribution < -0.4 is 10.1 Å². The van der Waals surface area contributed by atoms with Crippen molar-refractivity contribution in [3.05, 3.63) is 47.4 Å². The number of aromatic nitrogens is 2. The van der Waals surface area contributed by atoms with Crippen molar-refractivity contribution in [2.24, 2.45) is 0 Å². The van der Waals surface area contributed by atoms with Gasteiger partial charge in [0.1, 0.15) is 5.15 Å². The monoisotopic (exact) mass is 263 g/mol. The second kappa shape index (κ2) is 5.46. The van der Waals surface area contributed by atoms with Crippen LogP contribution in [0, 0.1) is 0 Å². The highest BCUT2D eigenvalue weighted by atomic mass is 35.5. The smallest absolute Gasteiger partial charge is 0.258 e. The van der Waals surface area contributed by atoms with Gasteiger partial charge in [-0.15, -0.1) is 0 Å². The first-order chi connectivity index (χ1) is 8.70. The Kier molecular flexibility index (Phi) is 3.74. The summed E-state index contributed by atoms with van der Waals surface area (Å²) in [7, 11) is 1.52. The van der Waals surface area contributed by atoms with Gasteiger partial charge in [0.05, 0.1) is 24.6 Å². The number of anilines is 1. The first kappa shape index (κ1) is 12.3. The molecule has 0 aliphatic rings. The lowest BCUT2D eigenvalue weighted by Crippen LogP contribution is -2.13. The summed E-state index contributed by atoms with van der Waals surface area (Å²) in [5.74, 6) is 0.146. The number of pyridine rings is 2. The van der Waals surface area contributed by atoms with Crippen molar-refractivity contribution in [2.75, 3.05) is 12.4 Å². The van der Waals surface area contributed by atoms with Crippen LogP contribution in [0.1, 0.15) is 10.4 Å². The van der Waals surface area contributed by atoms with Crippen LogP contribution in [0.3, 0.4) is 0 Å². The van der Waals surface area contributed by atoms with Crippen molar-refractivity contribution in [2.45, 2.75) is 0 Å². The summed E-state index contributed by atoms with van der Waals surface area (Å²) in [5, 5.41) is 2.83. The third-order valence-corrected chi connectivity index (χ3v) is 2.51. The third-order valence-electron chi connectivity index (χ3n) is 2.21. The van der Waals surface area contributed by atoms with Gasteiger partial charge in [0.15, 0.2) is 0 Å². The number of ether oxygens (including phenoxy) is 1. The van der Waals surface area contributed by atoms with E-state index in [0.29, 0.717) is 17.1 Å². The number of nitrogens with zero attached hydrogens (tertiary/aromatic N) is 2. The predicted octanol–water partition coefficient (Wildman–Crippen LogP) is 2.39. The molecule has 0 saturated heterocycles. The Morgan fingerprint density at radius 2 is 2.17 bits per heavy atom. The van der Waals surface area contributed by atoms with E-state index in [0.717, 1.165) is 0 Å². The van der Waals surface area contributed by atoms with Gasteiger partial charge in [0.2, 0.25) is 5.88 Å². The molecule has 0 fully saturated rings. The molecule has 2 heterocycles. The van der Waals surface area contributed by atoms with Crippen LogP contribution in [0.5, 0.6) is 5.88 Å². The van der Waals surface area contributed by atoms with Crippen LogP contribution in [0.4, 0.5) is 5.69 Å². The number of carbonyl (C=O) groups is 1. The van der Waals surface area contributed by atoms with Crippen LogP contribution in [-0.2, 0) is 0 Å². The Labute approximate surface area is 109 Å². The zero-order valence-electron chi connectivity index (χ0n) is 9.55. The molecule has 0 aliphatic heterocycles. The summed E-state index contributed by atoms with van der Waals surface area (Å²) < 4.78 is 4.92. The van der Waals surface area contributed by atoms with Crippen LogP contribution >= 0.6 is 11.6 Å². The fourth-order valence-corrected chi connectivity index (χ4v) is 1.53. The molecule has 18 heavy (non-hydrogen) atoms. The Morgan fingerprint density at radius 3 is 2.78 bits per heavy atom. The van der Waals surface area contributed by atoms with E-state index >= 15 is 0 Å². The van der Waals surface area contributed by atoms with E-state index in [1.165, 1.54) is 19.5 Å². The highest BCUT2D eigenvalue weighted by Crippen LogP contribution is 2.15. The number of carbonyl (C=O) groups excluding carboxylic acids is 1. The molecule has 2 rings (SSSR count). The lowest BCUT2D eigenvalue weighted by atomic mass is 10.2. The van der Waals surface area contributed by atoms with Gasteiger partial charge in [-0.25, -0.2) is 9.97 Å². The van der Waals surface area contributed by atoms with Gasteiger partial charge in [-0.3, -0.25) is 4.79 Å². The normalized spacial score (nSPS) is 9.89. The van der Waals surface area contributed by atoms with Gasteiger partial charge in [-0.2, -0.15) is 0 Å². The number of rotatable bonds is 3. The van der Waals surface area contributed by atoms with E-state index in [9.17, 15) is 4.79 Å². The number of hydrogen-bond donors (Lipinski definition) is 1. The number of halogens is 1. The minimum absolute atomic E-state index is 0.163. The molecular weight excluding hydrogens is 254 g/mol. The molecule has 0 unspecified atom stereocenters. The van der Waals surface area contributed by atoms with Gasteiger partial charge in [0, 0.05) is 12.3 Å². The molecule has 0 atom stereocenters.